The Balaban J connectivity index is 1.39. The van der Waals surface area contributed by atoms with Gasteiger partial charge in [0, 0.05) is 76.5 Å². The first-order valence-electron chi connectivity index (χ1n) is 10.5. The van der Waals surface area contributed by atoms with Crippen LogP contribution in [0.15, 0.2) is 16.9 Å². The van der Waals surface area contributed by atoms with Crippen molar-refractivity contribution < 1.29 is 14.1 Å². The van der Waals surface area contributed by atoms with Gasteiger partial charge in [0.1, 0.15) is 0 Å². The minimum absolute atomic E-state index is 0.00812. The van der Waals surface area contributed by atoms with Crippen molar-refractivity contribution in [3.8, 4) is 0 Å². The molecule has 2 aromatic rings. The van der Waals surface area contributed by atoms with E-state index in [2.05, 4.69) is 38.6 Å². The summed E-state index contributed by atoms with van der Waals surface area (Å²) in [5.74, 6) is 1.27. The van der Waals surface area contributed by atoms with E-state index in [1.54, 1.807) is 6.92 Å². The van der Waals surface area contributed by atoms with Crippen molar-refractivity contribution in [2.24, 2.45) is 11.3 Å². The molecule has 29 heavy (non-hydrogen) atoms. The molecule has 0 aliphatic carbocycles. The lowest BCUT2D eigenvalue weighted by Crippen LogP contribution is -2.44. The molecule has 4 heterocycles. The third-order valence-electron chi connectivity index (χ3n) is 6.16. The van der Waals surface area contributed by atoms with Crippen LogP contribution in [-0.4, -0.2) is 63.6 Å². The molecule has 0 radical (unpaired) electrons. The molecule has 1 spiro atoms. The molecule has 0 saturated carbocycles. The Bertz CT molecular complexity index is 826. The lowest BCUT2D eigenvalue weighted by atomic mass is 9.72. The lowest BCUT2D eigenvalue weighted by molar-refractivity contribution is -0.129. The lowest BCUT2D eigenvalue weighted by Gasteiger charge is -2.37. The van der Waals surface area contributed by atoms with Gasteiger partial charge in [-0.25, -0.2) is 0 Å². The van der Waals surface area contributed by atoms with Gasteiger partial charge in [0.15, 0.2) is 5.82 Å². The van der Waals surface area contributed by atoms with Crippen LogP contribution in [-0.2, 0) is 29.0 Å². The SMILES string of the molecule is CCn1cc(CN2C[C@@H](C(=O)NCCc3noc(C)n3)C3(CCOCC3)C2)cn1. The molecule has 1 atom stereocenters. The molecule has 0 aromatic carbocycles. The largest absolute Gasteiger partial charge is 0.381 e. The highest BCUT2D eigenvalue weighted by Crippen LogP contribution is 2.44. The number of aryl methyl sites for hydroxylation is 2. The van der Waals surface area contributed by atoms with Crippen molar-refractivity contribution in [2.75, 3.05) is 32.8 Å². The number of rotatable bonds is 7. The van der Waals surface area contributed by atoms with Crippen LogP contribution in [0.3, 0.4) is 0 Å². The predicted molar refractivity (Wildman–Crippen MR) is 105 cm³/mol. The Labute approximate surface area is 170 Å². The molecule has 2 fully saturated rings. The fourth-order valence-electron chi connectivity index (χ4n) is 4.62. The van der Waals surface area contributed by atoms with E-state index >= 15 is 0 Å². The van der Waals surface area contributed by atoms with E-state index in [1.807, 2.05) is 10.9 Å². The number of hydrogen-bond donors (Lipinski definition) is 1. The first-order chi connectivity index (χ1) is 14.1. The monoisotopic (exact) mass is 402 g/mol. The van der Waals surface area contributed by atoms with Gasteiger partial charge in [0.05, 0.1) is 12.1 Å². The minimum Gasteiger partial charge on any atom is -0.381 e. The van der Waals surface area contributed by atoms with E-state index in [0.717, 1.165) is 52.2 Å². The predicted octanol–water partition coefficient (Wildman–Crippen LogP) is 1.18. The van der Waals surface area contributed by atoms with Crippen molar-refractivity contribution in [2.45, 2.75) is 46.2 Å². The molecular formula is C20H30N6O3. The number of likely N-dealkylation sites (tertiary alicyclic amines) is 1. The quantitative estimate of drug-likeness (QED) is 0.743. The van der Waals surface area contributed by atoms with Crippen LogP contribution in [0.2, 0.25) is 0 Å². The van der Waals surface area contributed by atoms with E-state index < -0.39 is 0 Å². The average molecular weight is 402 g/mol. The van der Waals surface area contributed by atoms with Gasteiger partial charge in [-0.15, -0.1) is 0 Å². The topological polar surface area (TPSA) is 98.3 Å². The van der Waals surface area contributed by atoms with Crippen molar-refractivity contribution in [3.63, 3.8) is 0 Å². The van der Waals surface area contributed by atoms with Gasteiger partial charge < -0.3 is 14.6 Å². The fraction of sp³-hybridized carbons (Fsp3) is 0.700. The van der Waals surface area contributed by atoms with Gasteiger partial charge in [0.25, 0.3) is 0 Å². The highest BCUT2D eigenvalue weighted by atomic mass is 16.5. The zero-order valence-corrected chi connectivity index (χ0v) is 17.3. The van der Waals surface area contributed by atoms with Crippen LogP contribution in [0.1, 0.15) is 37.0 Å². The van der Waals surface area contributed by atoms with Gasteiger partial charge in [-0.1, -0.05) is 5.16 Å². The van der Waals surface area contributed by atoms with Crippen molar-refractivity contribution in [1.82, 2.24) is 30.1 Å². The maximum absolute atomic E-state index is 13.1. The first kappa shape index (κ1) is 20.0. The number of nitrogens with zero attached hydrogens (tertiary/aromatic N) is 5. The molecule has 2 aromatic heterocycles. The third-order valence-corrected chi connectivity index (χ3v) is 6.16. The Kier molecular flexibility index (Phi) is 5.96. The Morgan fingerprint density at radius 3 is 2.90 bits per heavy atom. The van der Waals surface area contributed by atoms with E-state index in [4.69, 9.17) is 9.26 Å². The van der Waals surface area contributed by atoms with Crippen LogP contribution in [0.4, 0.5) is 0 Å². The number of amides is 1. The molecular weight excluding hydrogens is 372 g/mol. The molecule has 1 amide bonds. The zero-order valence-electron chi connectivity index (χ0n) is 17.3. The van der Waals surface area contributed by atoms with Gasteiger partial charge in [-0.3, -0.25) is 14.4 Å². The number of carbonyl (C=O) groups excluding carboxylic acids is 1. The highest BCUT2D eigenvalue weighted by Gasteiger charge is 2.50. The summed E-state index contributed by atoms with van der Waals surface area (Å²) in [6, 6.07) is 0. The van der Waals surface area contributed by atoms with Gasteiger partial charge in [-0.05, 0) is 19.8 Å². The molecule has 9 nitrogen and oxygen atoms in total. The van der Waals surface area contributed by atoms with E-state index in [-0.39, 0.29) is 17.2 Å². The van der Waals surface area contributed by atoms with Crippen LogP contribution in [0, 0.1) is 18.3 Å². The van der Waals surface area contributed by atoms with Gasteiger partial charge in [0.2, 0.25) is 11.8 Å². The Hall–Kier alpha value is -2.26. The maximum Gasteiger partial charge on any atom is 0.225 e. The van der Waals surface area contributed by atoms with E-state index in [0.29, 0.717) is 24.7 Å². The molecule has 4 rings (SSSR count). The first-order valence-corrected chi connectivity index (χ1v) is 10.5. The summed E-state index contributed by atoms with van der Waals surface area (Å²) in [5.41, 5.74) is 1.19. The van der Waals surface area contributed by atoms with Crippen LogP contribution < -0.4 is 5.32 Å². The number of hydrogen-bond acceptors (Lipinski definition) is 7. The Morgan fingerprint density at radius 2 is 2.21 bits per heavy atom. The van der Waals surface area contributed by atoms with Crippen LogP contribution >= 0.6 is 0 Å². The number of aromatic nitrogens is 4. The summed E-state index contributed by atoms with van der Waals surface area (Å²) in [7, 11) is 0. The third kappa shape index (κ3) is 4.51. The summed E-state index contributed by atoms with van der Waals surface area (Å²) in [4.78, 5) is 19.7. The number of nitrogens with one attached hydrogen (secondary N) is 1. The second-order valence-corrected chi connectivity index (χ2v) is 8.17. The second kappa shape index (κ2) is 8.62. The maximum atomic E-state index is 13.1. The molecule has 2 saturated heterocycles. The van der Waals surface area contributed by atoms with Crippen LogP contribution in [0.25, 0.3) is 0 Å². The molecule has 158 valence electrons. The van der Waals surface area contributed by atoms with Crippen molar-refractivity contribution >= 4 is 5.91 Å². The van der Waals surface area contributed by atoms with Crippen LogP contribution in [0.5, 0.6) is 0 Å². The summed E-state index contributed by atoms with van der Waals surface area (Å²) in [6.07, 6.45) is 6.46. The molecule has 9 heteroatoms. The normalized spacial score (nSPS) is 21.7. The molecule has 0 unspecified atom stereocenters. The zero-order chi connectivity index (χ0) is 20.3. The van der Waals surface area contributed by atoms with Crippen molar-refractivity contribution in [3.05, 3.63) is 29.7 Å². The summed E-state index contributed by atoms with van der Waals surface area (Å²) < 4.78 is 12.5. The highest BCUT2D eigenvalue weighted by molar-refractivity contribution is 5.80. The second-order valence-electron chi connectivity index (χ2n) is 8.17. The fourth-order valence-corrected chi connectivity index (χ4v) is 4.62. The van der Waals surface area contributed by atoms with E-state index in [1.165, 1.54) is 5.56 Å². The minimum atomic E-state index is -0.0281. The molecule has 2 aliphatic rings. The van der Waals surface area contributed by atoms with E-state index in [9.17, 15) is 4.79 Å². The smallest absolute Gasteiger partial charge is 0.225 e. The van der Waals surface area contributed by atoms with Gasteiger partial charge in [-0.2, -0.15) is 10.1 Å². The van der Waals surface area contributed by atoms with Crippen molar-refractivity contribution in [1.29, 1.82) is 0 Å². The molecule has 2 aliphatic heterocycles. The average Bonchev–Trinajstić information content (AvgIpc) is 3.42. The van der Waals surface area contributed by atoms with Gasteiger partial charge >= 0.3 is 0 Å². The molecule has 0 bridgehead atoms. The molecule has 1 N–H and O–H groups in total. The number of ether oxygens (including phenoxy) is 1. The number of carbonyl (C=O) groups is 1. The standard InChI is InChI=1S/C20H30N6O3/c1-3-26-12-16(10-22-26)11-25-13-17(20(14-25)5-8-28-9-6-20)19(27)21-7-4-18-23-15(2)29-24-18/h10,12,17H,3-9,11,13-14H2,1-2H3,(H,21,27)/t17-/m0/s1. The Morgan fingerprint density at radius 1 is 1.38 bits per heavy atom. The summed E-state index contributed by atoms with van der Waals surface area (Å²) >= 11 is 0. The summed E-state index contributed by atoms with van der Waals surface area (Å²) in [5, 5.41) is 11.4. The summed E-state index contributed by atoms with van der Waals surface area (Å²) in [6.45, 7) is 9.22.